The van der Waals surface area contributed by atoms with Crippen molar-refractivity contribution in [3.63, 3.8) is 0 Å². The Balaban J connectivity index is 2.38. The first-order chi connectivity index (χ1) is 8.98. The van der Waals surface area contributed by atoms with Crippen molar-refractivity contribution in [1.29, 1.82) is 0 Å². The number of carbonyl (C=O) groups is 1. The fourth-order valence-electron chi connectivity index (χ4n) is 2.78. The van der Waals surface area contributed by atoms with Crippen molar-refractivity contribution in [1.82, 2.24) is 4.90 Å². The third-order valence-corrected chi connectivity index (χ3v) is 5.01. The Hall–Kier alpha value is -1.00. The van der Waals surface area contributed by atoms with Gasteiger partial charge >= 0.3 is 5.97 Å². The fraction of sp³-hybridized carbons (Fsp3) is 0.533. The number of hydrogen-bond donors (Lipinski definition) is 1. The number of rotatable bonds is 4. The SMILES string of the molecule is CCN(C1CCSc2ccccc21)C(C)(C)C(=O)O. The lowest BCUT2D eigenvalue weighted by Gasteiger charge is -2.42. The maximum atomic E-state index is 11.5. The molecule has 0 saturated carbocycles. The lowest BCUT2D eigenvalue weighted by molar-refractivity contribution is -0.151. The largest absolute Gasteiger partial charge is 0.480 e. The quantitative estimate of drug-likeness (QED) is 0.917. The zero-order valence-electron chi connectivity index (χ0n) is 11.7. The third kappa shape index (κ3) is 2.65. The molecule has 4 heteroatoms. The molecule has 19 heavy (non-hydrogen) atoms. The molecule has 1 unspecified atom stereocenters. The molecule has 1 N–H and O–H groups in total. The summed E-state index contributed by atoms with van der Waals surface area (Å²) in [5.41, 5.74) is 0.434. The third-order valence-electron chi connectivity index (χ3n) is 3.89. The highest BCUT2D eigenvalue weighted by Crippen LogP contribution is 2.41. The molecule has 0 aromatic heterocycles. The van der Waals surface area contributed by atoms with Crippen LogP contribution in [0, 0.1) is 0 Å². The highest BCUT2D eigenvalue weighted by Gasteiger charge is 2.39. The average Bonchev–Trinajstić information content (AvgIpc) is 2.39. The molecule has 0 spiro atoms. The maximum Gasteiger partial charge on any atom is 0.323 e. The van der Waals surface area contributed by atoms with Crippen LogP contribution in [0.15, 0.2) is 29.2 Å². The molecule has 0 saturated heterocycles. The second kappa shape index (κ2) is 5.55. The first kappa shape index (κ1) is 14.4. The Kier molecular flexibility index (Phi) is 4.21. The van der Waals surface area contributed by atoms with Crippen molar-refractivity contribution in [2.75, 3.05) is 12.3 Å². The topological polar surface area (TPSA) is 40.5 Å². The van der Waals surface area contributed by atoms with Crippen molar-refractivity contribution in [2.24, 2.45) is 0 Å². The normalized spacial score (nSPS) is 19.3. The van der Waals surface area contributed by atoms with E-state index in [0.29, 0.717) is 0 Å². The zero-order valence-corrected chi connectivity index (χ0v) is 12.5. The maximum absolute atomic E-state index is 11.5. The Morgan fingerprint density at radius 3 is 2.79 bits per heavy atom. The molecule has 1 aromatic carbocycles. The summed E-state index contributed by atoms with van der Waals surface area (Å²) in [6.07, 6.45) is 1.01. The number of thioether (sulfide) groups is 1. The van der Waals surface area contributed by atoms with E-state index >= 15 is 0 Å². The van der Waals surface area contributed by atoms with Gasteiger partial charge in [0.25, 0.3) is 0 Å². The minimum absolute atomic E-state index is 0.202. The minimum atomic E-state index is -0.839. The summed E-state index contributed by atoms with van der Waals surface area (Å²) < 4.78 is 0. The highest BCUT2D eigenvalue weighted by atomic mass is 32.2. The molecule has 2 rings (SSSR count). The van der Waals surface area contributed by atoms with Crippen LogP contribution in [-0.2, 0) is 4.79 Å². The Morgan fingerprint density at radius 2 is 2.16 bits per heavy atom. The van der Waals surface area contributed by atoms with Crippen LogP contribution in [0.2, 0.25) is 0 Å². The van der Waals surface area contributed by atoms with E-state index in [4.69, 9.17) is 0 Å². The molecule has 0 fully saturated rings. The van der Waals surface area contributed by atoms with E-state index in [-0.39, 0.29) is 6.04 Å². The van der Waals surface area contributed by atoms with E-state index in [1.165, 1.54) is 10.5 Å². The summed E-state index contributed by atoms with van der Waals surface area (Å²) in [6.45, 7) is 6.37. The first-order valence-corrected chi connectivity index (χ1v) is 7.69. The van der Waals surface area contributed by atoms with Crippen LogP contribution in [0.1, 0.15) is 38.8 Å². The fourth-order valence-corrected chi connectivity index (χ4v) is 3.88. The second-order valence-corrected chi connectivity index (χ2v) is 6.48. The number of likely N-dealkylation sites (N-methyl/N-ethyl adjacent to an activating group) is 1. The molecule has 0 bridgehead atoms. The lowest BCUT2D eigenvalue weighted by Crippen LogP contribution is -2.52. The molecule has 1 atom stereocenters. The number of benzene rings is 1. The molecule has 3 nitrogen and oxygen atoms in total. The Morgan fingerprint density at radius 1 is 1.47 bits per heavy atom. The van der Waals surface area contributed by atoms with Crippen molar-refractivity contribution in [2.45, 2.75) is 43.7 Å². The van der Waals surface area contributed by atoms with Gasteiger partial charge in [-0.1, -0.05) is 25.1 Å². The Labute approximate surface area is 119 Å². The van der Waals surface area contributed by atoms with Crippen LogP contribution in [-0.4, -0.2) is 33.8 Å². The van der Waals surface area contributed by atoms with Gasteiger partial charge in [0.1, 0.15) is 5.54 Å². The van der Waals surface area contributed by atoms with Gasteiger partial charge < -0.3 is 5.11 Å². The summed E-state index contributed by atoms with van der Waals surface area (Å²) in [5.74, 6) is 0.290. The standard InChI is InChI=1S/C15H21NO2S/c1-4-16(15(2,3)14(17)18)12-9-10-19-13-8-6-5-7-11(12)13/h5-8,12H,4,9-10H2,1-3H3,(H,17,18). The predicted octanol–water partition coefficient (Wildman–Crippen LogP) is 3.41. The molecule has 1 aliphatic heterocycles. The van der Waals surface area contributed by atoms with Crippen LogP contribution >= 0.6 is 11.8 Å². The van der Waals surface area contributed by atoms with E-state index in [0.717, 1.165) is 18.7 Å². The van der Waals surface area contributed by atoms with Gasteiger partial charge in [0.05, 0.1) is 0 Å². The number of carboxylic acid groups (broad SMARTS) is 1. The molecule has 104 valence electrons. The van der Waals surface area contributed by atoms with Crippen molar-refractivity contribution in [3.8, 4) is 0 Å². The summed E-state index contributed by atoms with van der Waals surface area (Å²) in [4.78, 5) is 14.9. The van der Waals surface area contributed by atoms with Gasteiger partial charge in [0.15, 0.2) is 0 Å². The summed E-state index contributed by atoms with van der Waals surface area (Å²) >= 11 is 1.87. The highest BCUT2D eigenvalue weighted by molar-refractivity contribution is 7.99. The van der Waals surface area contributed by atoms with Crippen LogP contribution in [0.3, 0.4) is 0 Å². The van der Waals surface area contributed by atoms with Crippen LogP contribution in [0.25, 0.3) is 0 Å². The molecular weight excluding hydrogens is 258 g/mol. The minimum Gasteiger partial charge on any atom is -0.480 e. The average molecular weight is 279 g/mol. The smallest absolute Gasteiger partial charge is 0.323 e. The van der Waals surface area contributed by atoms with Gasteiger partial charge in [-0.2, -0.15) is 0 Å². The van der Waals surface area contributed by atoms with Gasteiger partial charge in [-0.15, -0.1) is 11.8 Å². The molecule has 1 aliphatic rings. The second-order valence-electron chi connectivity index (χ2n) is 5.34. The van der Waals surface area contributed by atoms with E-state index in [1.807, 2.05) is 30.8 Å². The Bertz CT molecular complexity index is 473. The van der Waals surface area contributed by atoms with Crippen molar-refractivity contribution < 1.29 is 9.90 Å². The van der Waals surface area contributed by atoms with Crippen LogP contribution < -0.4 is 0 Å². The number of nitrogens with zero attached hydrogens (tertiary/aromatic N) is 1. The number of fused-ring (bicyclic) bond motifs is 1. The number of hydrogen-bond acceptors (Lipinski definition) is 3. The van der Waals surface area contributed by atoms with Crippen LogP contribution in [0.5, 0.6) is 0 Å². The van der Waals surface area contributed by atoms with Gasteiger partial charge in [0, 0.05) is 10.9 Å². The van der Waals surface area contributed by atoms with Crippen molar-refractivity contribution >= 4 is 17.7 Å². The van der Waals surface area contributed by atoms with Crippen molar-refractivity contribution in [3.05, 3.63) is 29.8 Å². The predicted molar refractivity (Wildman–Crippen MR) is 78.6 cm³/mol. The van der Waals surface area contributed by atoms with E-state index in [9.17, 15) is 9.90 Å². The van der Waals surface area contributed by atoms with E-state index in [1.54, 1.807) is 13.8 Å². The van der Waals surface area contributed by atoms with Gasteiger partial charge in [-0.3, -0.25) is 9.69 Å². The van der Waals surface area contributed by atoms with E-state index in [2.05, 4.69) is 17.0 Å². The molecule has 0 amide bonds. The summed E-state index contributed by atoms with van der Waals surface area (Å²) in [5, 5.41) is 9.47. The molecule has 0 aliphatic carbocycles. The van der Waals surface area contributed by atoms with Gasteiger partial charge in [-0.25, -0.2) is 0 Å². The molecule has 1 aromatic rings. The first-order valence-electron chi connectivity index (χ1n) is 6.70. The monoisotopic (exact) mass is 279 g/mol. The zero-order chi connectivity index (χ0) is 14.0. The van der Waals surface area contributed by atoms with Gasteiger partial charge in [0.2, 0.25) is 0 Å². The van der Waals surface area contributed by atoms with Crippen LogP contribution in [0.4, 0.5) is 0 Å². The molecular formula is C15H21NO2S. The summed E-state index contributed by atoms with van der Waals surface area (Å²) in [6, 6.07) is 8.56. The summed E-state index contributed by atoms with van der Waals surface area (Å²) in [7, 11) is 0. The number of aliphatic carboxylic acids is 1. The molecule has 0 radical (unpaired) electrons. The lowest BCUT2D eigenvalue weighted by atomic mass is 9.94. The van der Waals surface area contributed by atoms with Gasteiger partial charge in [-0.05, 0) is 44.2 Å². The molecule has 1 heterocycles. The van der Waals surface area contributed by atoms with E-state index < -0.39 is 11.5 Å². The number of carboxylic acids is 1.